The molecule has 2 N–H and O–H groups in total. The molecule has 1 atom stereocenters. The highest BCUT2D eigenvalue weighted by Gasteiger charge is 2.18. The molecule has 0 saturated carbocycles. The molecule has 0 spiro atoms. The second-order valence-electron chi connectivity index (χ2n) is 5.24. The summed E-state index contributed by atoms with van der Waals surface area (Å²) in [5.74, 6) is 0.0698. The zero-order valence-electron chi connectivity index (χ0n) is 13.0. The summed E-state index contributed by atoms with van der Waals surface area (Å²) < 4.78 is 5.76. The molecule has 0 radical (unpaired) electrons. The lowest BCUT2D eigenvalue weighted by molar-refractivity contribution is -0.124. The van der Waals surface area contributed by atoms with Crippen LogP contribution in [0.4, 0.5) is 0 Å². The molecule has 1 aromatic rings. The number of carbonyl (C=O) groups excluding carboxylic acids is 1. The van der Waals surface area contributed by atoms with E-state index in [4.69, 9.17) is 15.7 Å². The van der Waals surface area contributed by atoms with Gasteiger partial charge in [0, 0.05) is 0 Å². The molecular weight excluding hydrogens is 288 g/mol. The van der Waals surface area contributed by atoms with Crippen LogP contribution < -0.4 is 10.5 Å². The molecule has 1 unspecified atom stereocenters. The molecule has 1 aromatic carbocycles. The summed E-state index contributed by atoms with van der Waals surface area (Å²) in [5, 5.41) is 8.89. The van der Waals surface area contributed by atoms with Gasteiger partial charge in [0.25, 0.3) is 5.91 Å². The van der Waals surface area contributed by atoms with Gasteiger partial charge in [-0.1, -0.05) is 18.2 Å². The highest BCUT2D eigenvalue weighted by Crippen LogP contribution is 2.22. The lowest BCUT2D eigenvalue weighted by Crippen LogP contribution is -2.34. The predicted octanol–water partition coefficient (Wildman–Crippen LogP) is 3.09. The smallest absolute Gasteiger partial charge is 0.258 e. The van der Waals surface area contributed by atoms with E-state index < -0.39 is 12.0 Å². The molecule has 4 nitrogen and oxygen atoms in total. The van der Waals surface area contributed by atoms with Gasteiger partial charge < -0.3 is 10.5 Å². The molecule has 23 heavy (non-hydrogen) atoms. The number of primary amides is 1. The van der Waals surface area contributed by atoms with Gasteiger partial charge in [0.2, 0.25) is 0 Å². The molecule has 0 bridgehead atoms. The molecule has 2 rings (SSSR count). The molecular formula is C19H18N2O2. The summed E-state index contributed by atoms with van der Waals surface area (Å²) in [7, 11) is 0. The Bertz CT molecular complexity index is 760. The van der Waals surface area contributed by atoms with Crippen LogP contribution in [0.15, 0.2) is 59.9 Å². The minimum atomic E-state index is -0.712. The van der Waals surface area contributed by atoms with Gasteiger partial charge in [0.05, 0.1) is 11.6 Å². The highest BCUT2D eigenvalue weighted by molar-refractivity contribution is 5.79. The molecule has 4 heteroatoms. The fourth-order valence-corrected chi connectivity index (χ4v) is 2.22. The van der Waals surface area contributed by atoms with E-state index in [2.05, 4.69) is 11.8 Å². The van der Waals surface area contributed by atoms with Crippen LogP contribution in [0.3, 0.4) is 0 Å². The van der Waals surface area contributed by atoms with E-state index in [9.17, 15) is 4.79 Å². The summed E-state index contributed by atoms with van der Waals surface area (Å²) in [4.78, 5) is 11.7. The van der Waals surface area contributed by atoms with Crippen LogP contribution in [0.5, 0.6) is 5.75 Å². The van der Waals surface area contributed by atoms with Crippen LogP contribution in [0.25, 0.3) is 0 Å². The number of hydrogen-bond donors (Lipinski definition) is 1. The quantitative estimate of drug-likeness (QED) is 0.820. The number of rotatable bonds is 6. The summed E-state index contributed by atoms with van der Waals surface area (Å²) >= 11 is 0. The Hall–Kier alpha value is -3.02. The van der Waals surface area contributed by atoms with Crippen molar-refractivity contribution in [3.05, 3.63) is 71.0 Å². The van der Waals surface area contributed by atoms with Crippen molar-refractivity contribution in [1.82, 2.24) is 0 Å². The lowest BCUT2D eigenvalue weighted by Gasteiger charge is -2.18. The fraction of sp³-hybridized carbons (Fsp3) is 0.211. The average Bonchev–Trinajstić information content (AvgIpc) is 2.81. The predicted molar refractivity (Wildman–Crippen MR) is 88.6 cm³/mol. The second-order valence-corrected chi connectivity index (χ2v) is 5.24. The first-order chi connectivity index (χ1) is 11.1. The molecule has 116 valence electrons. The van der Waals surface area contributed by atoms with Gasteiger partial charge in [-0.05, 0) is 61.3 Å². The van der Waals surface area contributed by atoms with Gasteiger partial charge in [0.15, 0.2) is 6.10 Å². The monoisotopic (exact) mass is 306 g/mol. The van der Waals surface area contributed by atoms with Gasteiger partial charge in [-0.15, -0.1) is 5.73 Å². The number of nitrogens with zero attached hydrogens (tertiary/aromatic N) is 1. The van der Waals surface area contributed by atoms with Crippen molar-refractivity contribution in [2.24, 2.45) is 5.73 Å². The van der Waals surface area contributed by atoms with Gasteiger partial charge >= 0.3 is 0 Å². The number of nitriles is 1. The van der Waals surface area contributed by atoms with E-state index in [1.54, 1.807) is 18.2 Å². The van der Waals surface area contributed by atoms with E-state index in [0.717, 1.165) is 11.1 Å². The topological polar surface area (TPSA) is 76.1 Å². The number of ether oxygens (including phenoxy) is 1. The van der Waals surface area contributed by atoms with Crippen molar-refractivity contribution in [3.63, 3.8) is 0 Å². The van der Waals surface area contributed by atoms with E-state index in [-0.39, 0.29) is 0 Å². The number of amides is 1. The van der Waals surface area contributed by atoms with Gasteiger partial charge in [-0.3, -0.25) is 4.79 Å². The number of nitrogens with two attached hydrogens (primary N) is 1. The van der Waals surface area contributed by atoms with Gasteiger partial charge in [0.1, 0.15) is 5.75 Å². The summed E-state index contributed by atoms with van der Waals surface area (Å²) in [5.41, 5.74) is 10.9. The Balaban J connectivity index is 2.05. The average molecular weight is 306 g/mol. The minimum Gasteiger partial charge on any atom is -0.480 e. The highest BCUT2D eigenvalue weighted by atomic mass is 16.5. The van der Waals surface area contributed by atoms with E-state index in [0.29, 0.717) is 24.2 Å². The molecule has 1 aliphatic carbocycles. The van der Waals surface area contributed by atoms with Crippen LogP contribution in [0, 0.1) is 18.3 Å². The first kappa shape index (κ1) is 16.4. The van der Waals surface area contributed by atoms with Crippen LogP contribution in [0.1, 0.15) is 24.0 Å². The molecule has 0 aromatic heterocycles. The van der Waals surface area contributed by atoms with Crippen LogP contribution in [-0.4, -0.2) is 12.0 Å². The Labute approximate surface area is 135 Å². The van der Waals surface area contributed by atoms with Gasteiger partial charge in [-0.2, -0.15) is 5.26 Å². The Morgan fingerprint density at radius 3 is 2.96 bits per heavy atom. The molecule has 1 amide bonds. The zero-order chi connectivity index (χ0) is 16.7. The Morgan fingerprint density at radius 1 is 1.43 bits per heavy atom. The Morgan fingerprint density at radius 2 is 2.26 bits per heavy atom. The molecule has 1 aliphatic rings. The van der Waals surface area contributed by atoms with Crippen molar-refractivity contribution in [2.75, 3.05) is 0 Å². The van der Waals surface area contributed by atoms with Crippen molar-refractivity contribution in [3.8, 4) is 11.8 Å². The van der Waals surface area contributed by atoms with E-state index >= 15 is 0 Å². The number of allylic oxidation sites excluding steroid dienone is 5. The number of benzene rings is 1. The number of aryl methyl sites for hydroxylation is 1. The fourth-order valence-electron chi connectivity index (χ4n) is 2.22. The van der Waals surface area contributed by atoms with Crippen LogP contribution >= 0.6 is 0 Å². The zero-order valence-corrected chi connectivity index (χ0v) is 13.0. The molecule has 0 heterocycles. The maximum Gasteiger partial charge on any atom is 0.258 e. The first-order valence-electron chi connectivity index (χ1n) is 7.35. The van der Waals surface area contributed by atoms with E-state index in [1.807, 2.05) is 37.3 Å². The largest absolute Gasteiger partial charge is 0.480 e. The summed E-state index contributed by atoms with van der Waals surface area (Å²) in [6.07, 6.45) is 9.93. The maximum atomic E-state index is 11.7. The minimum absolute atomic E-state index is 0.485. The third kappa shape index (κ3) is 4.74. The first-order valence-corrected chi connectivity index (χ1v) is 7.35. The molecule has 0 saturated heterocycles. The van der Waals surface area contributed by atoms with Crippen LogP contribution in [-0.2, 0) is 4.79 Å². The second kappa shape index (κ2) is 7.84. The maximum absolute atomic E-state index is 11.7. The normalized spacial score (nSPS) is 13.8. The Kier molecular flexibility index (Phi) is 5.57. The van der Waals surface area contributed by atoms with E-state index in [1.165, 1.54) is 0 Å². The summed E-state index contributed by atoms with van der Waals surface area (Å²) in [6.45, 7) is 1.83. The molecule has 0 fully saturated rings. The molecule has 0 aliphatic heterocycles. The van der Waals surface area contributed by atoms with Crippen molar-refractivity contribution in [1.29, 1.82) is 5.26 Å². The number of carbonyl (C=O) groups is 1. The van der Waals surface area contributed by atoms with Crippen molar-refractivity contribution >= 4 is 5.91 Å². The lowest BCUT2D eigenvalue weighted by atomic mass is 10.1. The summed E-state index contributed by atoms with van der Waals surface area (Å²) in [6, 6.07) is 7.15. The van der Waals surface area contributed by atoms with Crippen molar-refractivity contribution in [2.45, 2.75) is 25.9 Å². The van der Waals surface area contributed by atoms with Crippen molar-refractivity contribution < 1.29 is 9.53 Å². The standard InChI is InChI=1S/C19H18N2O2/c1-14-12-16(13-20)9-10-17(14)23-18(19(21)22)11-8-15-6-4-2-3-5-7-15/h2,4-7,9-10,12,18H,8,11H2,1H3,(H2,21,22). The van der Waals surface area contributed by atoms with Gasteiger partial charge in [-0.25, -0.2) is 0 Å². The third-order valence-electron chi connectivity index (χ3n) is 3.48. The number of hydrogen-bond acceptors (Lipinski definition) is 3. The SMILES string of the molecule is Cc1cc(C#N)ccc1OC(CCC1=CC=C=CC=C1)C(N)=O. The third-order valence-corrected chi connectivity index (χ3v) is 3.48. The van der Waals surface area contributed by atoms with Crippen LogP contribution in [0.2, 0.25) is 0 Å².